The van der Waals surface area contributed by atoms with Gasteiger partial charge in [-0.2, -0.15) is 0 Å². The molecule has 0 unspecified atom stereocenters. The van der Waals surface area contributed by atoms with E-state index in [9.17, 15) is 34.1 Å². The van der Waals surface area contributed by atoms with E-state index in [2.05, 4.69) is 31.3 Å². The molecule has 340 valence electrons. The molecule has 0 spiro atoms. The van der Waals surface area contributed by atoms with Gasteiger partial charge in [0, 0.05) is 23.5 Å². The molecule has 5 N–H and O–H groups in total. The summed E-state index contributed by atoms with van der Waals surface area (Å²) >= 11 is 0. The Morgan fingerprint density at radius 3 is 2.12 bits per heavy atom. The number of aliphatic carboxylic acids is 1. The number of aromatic nitrogens is 1. The Morgan fingerprint density at radius 1 is 0.828 bits per heavy atom. The van der Waals surface area contributed by atoms with E-state index in [-0.39, 0.29) is 54.3 Å². The summed E-state index contributed by atoms with van der Waals surface area (Å²) in [4.78, 5) is 37.1. The number of carbonyl (C=O) groups excluding carboxylic acids is 2. The molecule has 1 amide bonds. The first kappa shape index (κ1) is 46.8. The van der Waals surface area contributed by atoms with E-state index < -0.39 is 24.6 Å². The van der Waals surface area contributed by atoms with Crippen LogP contribution in [0.4, 0.5) is 10.1 Å². The highest BCUT2D eigenvalue weighted by atomic mass is 19.1. The summed E-state index contributed by atoms with van der Waals surface area (Å²) in [7, 11) is 0. The van der Waals surface area contributed by atoms with Crippen molar-refractivity contribution in [2.45, 2.75) is 130 Å². The van der Waals surface area contributed by atoms with Crippen LogP contribution in [0, 0.1) is 34.4 Å². The van der Waals surface area contributed by atoms with Crippen LogP contribution in [-0.2, 0) is 16.1 Å². The number of Topliss-reactive ketones (excluding diaryl/α,β-unsaturated/α-hetero) is 1. The smallest absolute Gasteiger partial charge is 0.305 e. The number of amides is 1. The lowest BCUT2D eigenvalue weighted by atomic mass is 9.47. The van der Waals surface area contributed by atoms with Crippen LogP contribution in [0.3, 0.4) is 0 Å². The van der Waals surface area contributed by atoms with Gasteiger partial charge in [-0.05, 0) is 152 Å². The third-order valence-electron chi connectivity index (χ3n) is 15.0. The first-order chi connectivity index (χ1) is 30.5. The van der Waals surface area contributed by atoms with Crippen molar-refractivity contribution in [3.63, 3.8) is 0 Å². The van der Waals surface area contributed by atoms with Crippen molar-refractivity contribution in [1.82, 2.24) is 4.57 Å². The second kappa shape index (κ2) is 19.5. The molecule has 64 heavy (non-hydrogen) atoms. The second-order valence-electron chi connectivity index (χ2n) is 19.4. The molecule has 8 atom stereocenters. The van der Waals surface area contributed by atoms with Crippen molar-refractivity contribution in [3.8, 4) is 22.4 Å². The van der Waals surface area contributed by atoms with Crippen molar-refractivity contribution in [2.24, 2.45) is 28.6 Å². The molecule has 9 nitrogen and oxygen atoms in total. The lowest BCUT2D eigenvalue weighted by Gasteiger charge is -2.57. The summed E-state index contributed by atoms with van der Waals surface area (Å²) < 4.78 is 16.0. The average molecular weight is 873 g/mol. The number of rotatable bonds is 13. The molecule has 0 saturated heterocycles. The number of nitrogens with one attached hydrogen (secondary N) is 1. The SMILES string of the molecule is CC(=O)C1=CC[C@H]2[C@@H]3CC=C4C[C@@H](O)CC[C@]4(C)[C@H]3CC[C@]12C.CC(C)c1c(C(=O)Nc2ccccc2)c(-c2ccccc2)c(-c2ccc(F)cc2)n1CC[C@@H](O)C[C@@H](O)CC(=O)O. The van der Waals surface area contributed by atoms with Crippen LogP contribution < -0.4 is 5.32 Å². The summed E-state index contributed by atoms with van der Waals surface area (Å²) in [6, 6.07) is 24.8. The third kappa shape index (κ3) is 9.60. The first-order valence-corrected chi connectivity index (χ1v) is 23.1. The van der Waals surface area contributed by atoms with Gasteiger partial charge >= 0.3 is 5.97 Å². The molecular weight excluding hydrogens is 808 g/mol. The van der Waals surface area contributed by atoms with Crippen LogP contribution in [0.2, 0.25) is 0 Å². The number of carboxylic acid groups (broad SMARTS) is 1. The maximum absolute atomic E-state index is 14.0. The van der Waals surface area contributed by atoms with Crippen molar-refractivity contribution in [1.29, 1.82) is 0 Å². The molecule has 8 rings (SSSR count). The van der Waals surface area contributed by atoms with Gasteiger partial charge in [-0.3, -0.25) is 14.4 Å². The number of anilines is 1. The predicted molar refractivity (Wildman–Crippen MR) is 249 cm³/mol. The van der Waals surface area contributed by atoms with E-state index in [1.54, 1.807) is 19.1 Å². The lowest BCUT2D eigenvalue weighted by molar-refractivity contribution is -0.139. The Bertz CT molecular complexity index is 2370. The van der Waals surface area contributed by atoms with Crippen LogP contribution in [-0.4, -0.2) is 61.0 Å². The Kier molecular flexibility index (Phi) is 14.3. The van der Waals surface area contributed by atoms with Gasteiger partial charge in [0.05, 0.1) is 36.0 Å². The fourth-order valence-electron chi connectivity index (χ4n) is 12.0. The number of hydrogen-bond acceptors (Lipinski definition) is 6. The second-order valence-corrected chi connectivity index (χ2v) is 19.4. The first-order valence-electron chi connectivity index (χ1n) is 23.1. The third-order valence-corrected chi connectivity index (χ3v) is 15.0. The van der Waals surface area contributed by atoms with E-state index in [0.717, 1.165) is 61.3 Å². The number of halogens is 1. The molecule has 0 aliphatic heterocycles. The highest BCUT2D eigenvalue weighted by Gasteiger charge is 2.57. The normalized spacial score (nSPS) is 25.7. The van der Waals surface area contributed by atoms with Crippen LogP contribution in [0.25, 0.3) is 22.4 Å². The van der Waals surface area contributed by atoms with Crippen LogP contribution in [0.1, 0.15) is 121 Å². The minimum Gasteiger partial charge on any atom is -0.481 e. The van der Waals surface area contributed by atoms with Crippen LogP contribution in [0.15, 0.2) is 108 Å². The maximum Gasteiger partial charge on any atom is 0.305 e. The number of carboxylic acids is 1. The molecule has 4 aliphatic carbocycles. The number of para-hydroxylation sites is 1. The lowest BCUT2D eigenvalue weighted by Crippen LogP contribution is -2.50. The molecule has 4 aliphatic rings. The van der Waals surface area contributed by atoms with Gasteiger partial charge in [-0.1, -0.05) is 94.0 Å². The number of nitrogens with zero attached hydrogens (tertiary/aromatic N) is 1. The molecule has 3 aromatic carbocycles. The maximum atomic E-state index is 14.0. The molecule has 2 saturated carbocycles. The highest BCUT2D eigenvalue weighted by Crippen LogP contribution is 2.65. The van der Waals surface area contributed by atoms with Crippen molar-refractivity contribution in [2.75, 3.05) is 5.32 Å². The summed E-state index contributed by atoms with van der Waals surface area (Å²) in [5.41, 5.74) is 7.82. The summed E-state index contributed by atoms with van der Waals surface area (Å²) in [5.74, 6) is 0.448. The number of fused-ring (bicyclic) bond motifs is 5. The largest absolute Gasteiger partial charge is 0.481 e. The van der Waals surface area contributed by atoms with E-state index in [4.69, 9.17) is 5.11 Å². The number of ketones is 1. The number of carbonyl (C=O) groups is 3. The fraction of sp³-hybridized carbons (Fsp3) is 0.463. The molecule has 1 aromatic heterocycles. The van der Waals surface area contributed by atoms with Gasteiger partial charge < -0.3 is 30.3 Å². The summed E-state index contributed by atoms with van der Waals surface area (Å²) in [6.45, 7) is 10.8. The van der Waals surface area contributed by atoms with E-state index >= 15 is 0 Å². The van der Waals surface area contributed by atoms with Crippen molar-refractivity contribution in [3.05, 3.63) is 125 Å². The molecule has 0 bridgehead atoms. The zero-order chi connectivity index (χ0) is 45.9. The minimum atomic E-state index is -1.18. The molecule has 10 heteroatoms. The summed E-state index contributed by atoms with van der Waals surface area (Å²) in [6.07, 6.45) is 9.70. The van der Waals surface area contributed by atoms with Crippen molar-refractivity contribution >= 4 is 23.3 Å². The van der Waals surface area contributed by atoms with E-state index in [0.29, 0.717) is 45.3 Å². The molecule has 1 heterocycles. The van der Waals surface area contributed by atoms with E-state index in [1.165, 1.54) is 24.1 Å². The van der Waals surface area contributed by atoms with Crippen LogP contribution >= 0.6 is 0 Å². The quantitative estimate of drug-likeness (QED) is 0.0840. The Labute approximate surface area is 377 Å². The van der Waals surface area contributed by atoms with Gasteiger partial charge in [0.15, 0.2) is 5.78 Å². The summed E-state index contributed by atoms with van der Waals surface area (Å²) in [5, 5.41) is 42.8. The molecule has 4 aromatic rings. The number of benzene rings is 3. The van der Waals surface area contributed by atoms with Crippen LogP contribution in [0.5, 0.6) is 0 Å². The molecular formula is C54H65FN2O7. The zero-order valence-electron chi connectivity index (χ0n) is 37.9. The van der Waals surface area contributed by atoms with Gasteiger partial charge in [0.2, 0.25) is 0 Å². The number of aliphatic hydroxyl groups excluding tert-OH is 3. The predicted octanol–water partition coefficient (Wildman–Crippen LogP) is 10.7. The monoisotopic (exact) mass is 872 g/mol. The minimum absolute atomic E-state index is 0.0939. The van der Waals surface area contributed by atoms with Gasteiger partial charge in [-0.15, -0.1) is 0 Å². The zero-order valence-corrected chi connectivity index (χ0v) is 37.9. The number of allylic oxidation sites excluding steroid dienone is 3. The number of aliphatic hydroxyl groups is 3. The Morgan fingerprint density at radius 2 is 1.48 bits per heavy atom. The fourth-order valence-corrected chi connectivity index (χ4v) is 12.0. The number of hydrogen-bond donors (Lipinski definition) is 5. The average Bonchev–Trinajstić information content (AvgIpc) is 3.80. The van der Waals surface area contributed by atoms with Gasteiger partial charge in [-0.25, -0.2) is 4.39 Å². The van der Waals surface area contributed by atoms with Crippen molar-refractivity contribution < 1.29 is 39.2 Å². The van der Waals surface area contributed by atoms with Gasteiger partial charge in [0.25, 0.3) is 5.91 Å². The molecule has 0 radical (unpaired) electrons. The van der Waals surface area contributed by atoms with E-state index in [1.807, 2.05) is 79.1 Å². The molecule has 2 fully saturated rings. The highest BCUT2D eigenvalue weighted by molar-refractivity contribution is 6.12. The Hall–Kier alpha value is -5.16. The van der Waals surface area contributed by atoms with Gasteiger partial charge in [0.1, 0.15) is 5.82 Å². The Balaban J connectivity index is 0.000000223. The topological polar surface area (TPSA) is 149 Å². The standard InChI is InChI=1S/C33H35FN2O5.C21H30O2/c1-21(2)31-30(33(41)35-25-11-7-4-8-12-25)29(22-9-5-3-6-10-22)32(23-13-15-24(34)16-14-23)36(31)18-17-26(37)19-27(38)20-28(39)40;1-13(22)17-6-7-18-16-5-4-14-12-15(23)8-10-20(14,2)19(16)9-11-21(17,18)3/h3-16,21,26-27,37-38H,17-20H2,1-2H3,(H,35,41)(H,39,40);4,6,15-16,18-19,23H,5,7-12H2,1-3H3/t26-,27-;15-,16-,18-,19-,20-,21+/m10/s1.